The van der Waals surface area contributed by atoms with Crippen molar-refractivity contribution >= 4 is 27.5 Å². The molecule has 0 radical (unpaired) electrons. The van der Waals surface area contributed by atoms with E-state index in [9.17, 15) is 18.0 Å². The molecule has 3 amide bonds. The van der Waals surface area contributed by atoms with Gasteiger partial charge >= 0.3 is 6.03 Å². The molecule has 1 aromatic carbocycles. The molecule has 0 bridgehead atoms. The van der Waals surface area contributed by atoms with Crippen molar-refractivity contribution in [1.82, 2.24) is 10.6 Å². The molecule has 0 aliphatic carbocycles. The number of rotatable bonds is 6. The van der Waals surface area contributed by atoms with Gasteiger partial charge in [0.2, 0.25) is 5.91 Å². The van der Waals surface area contributed by atoms with Crippen LogP contribution in [-0.2, 0) is 14.6 Å². The second kappa shape index (κ2) is 7.96. The van der Waals surface area contributed by atoms with Crippen molar-refractivity contribution in [1.29, 1.82) is 0 Å². The lowest BCUT2D eigenvalue weighted by atomic mass is 10.2. The Labute approximate surface area is 136 Å². The van der Waals surface area contributed by atoms with Crippen LogP contribution in [0.2, 0.25) is 0 Å². The molecular formula is C15H23N3O4S. The average Bonchev–Trinajstić information content (AvgIpc) is 2.43. The summed E-state index contributed by atoms with van der Waals surface area (Å²) in [5, 5.41) is 7.61. The topological polar surface area (TPSA) is 104 Å². The van der Waals surface area contributed by atoms with E-state index in [4.69, 9.17) is 0 Å². The van der Waals surface area contributed by atoms with E-state index in [-0.39, 0.29) is 17.4 Å². The zero-order chi connectivity index (χ0) is 17.6. The van der Waals surface area contributed by atoms with Gasteiger partial charge in [-0.3, -0.25) is 10.1 Å². The molecule has 0 aromatic heterocycles. The van der Waals surface area contributed by atoms with E-state index < -0.39 is 21.8 Å². The summed E-state index contributed by atoms with van der Waals surface area (Å²) in [6.07, 6.45) is 1.12. The molecule has 7 nitrogen and oxygen atoms in total. The summed E-state index contributed by atoms with van der Waals surface area (Å²) in [6.45, 7) is 6.02. The summed E-state index contributed by atoms with van der Waals surface area (Å²) in [4.78, 5) is 23.4. The second-order valence-electron chi connectivity index (χ2n) is 5.75. The van der Waals surface area contributed by atoms with E-state index in [1.165, 1.54) is 12.1 Å². The molecule has 0 aliphatic heterocycles. The molecule has 0 saturated carbocycles. The number of aryl methyl sites for hydroxylation is 1. The quantitative estimate of drug-likeness (QED) is 0.723. The lowest BCUT2D eigenvalue weighted by Gasteiger charge is -2.12. The highest BCUT2D eigenvalue weighted by atomic mass is 32.2. The Morgan fingerprint density at radius 3 is 2.43 bits per heavy atom. The van der Waals surface area contributed by atoms with Gasteiger partial charge in [0.15, 0.2) is 9.84 Å². The number of hydrogen-bond acceptors (Lipinski definition) is 5. The zero-order valence-electron chi connectivity index (χ0n) is 13.8. The third-order valence-corrected chi connectivity index (χ3v) is 4.11. The Kier molecular flexibility index (Phi) is 6.56. The summed E-state index contributed by atoms with van der Waals surface area (Å²) in [7, 11) is -3.32. The van der Waals surface area contributed by atoms with Crippen LogP contribution in [0, 0.1) is 12.8 Å². The van der Waals surface area contributed by atoms with Crippen LogP contribution >= 0.6 is 0 Å². The Morgan fingerprint density at radius 1 is 1.22 bits per heavy atom. The Morgan fingerprint density at radius 2 is 1.87 bits per heavy atom. The van der Waals surface area contributed by atoms with Gasteiger partial charge in [0.25, 0.3) is 0 Å². The second-order valence-corrected chi connectivity index (χ2v) is 7.77. The number of imide groups is 1. The highest BCUT2D eigenvalue weighted by Gasteiger charge is 2.11. The number of nitrogens with one attached hydrogen (secondary N) is 3. The van der Waals surface area contributed by atoms with Gasteiger partial charge in [-0.25, -0.2) is 13.2 Å². The first-order valence-electron chi connectivity index (χ1n) is 7.22. The van der Waals surface area contributed by atoms with Crippen molar-refractivity contribution in [3.8, 4) is 0 Å². The first-order valence-corrected chi connectivity index (χ1v) is 9.11. The molecule has 8 heteroatoms. The molecule has 0 fully saturated rings. The van der Waals surface area contributed by atoms with E-state index in [1.807, 2.05) is 13.8 Å². The van der Waals surface area contributed by atoms with Gasteiger partial charge in [-0.15, -0.1) is 0 Å². The van der Waals surface area contributed by atoms with Gasteiger partial charge in [0.05, 0.1) is 11.4 Å². The van der Waals surface area contributed by atoms with Crippen molar-refractivity contribution in [3.05, 3.63) is 23.8 Å². The predicted molar refractivity (Wildman–Crippen MR) is 89.2 cm³/mol. The molecule has 23 heavy (non-hydrogen) atoms. The first kappa shape index (κ1) is 19.0. The maximum atomic E-state index is 11.7. The lowest BCUT2D eigenvalue weighted by molar-refractivity contribution is -0.118. The molecule has 0 heterocycles. The van der Waals surface area contributed by atoms with Crippen LogP contribution in [-0.4, -0.2) is 39.7 Å². The number of urea groups is 1. The molecule has 0 saturated heterocycles. The number of anilines is 1. The minimum atomic E-state index is -3.32. The molecule has 0 spiro atoms. The summed E-state index contributed by atoms with van der Waals surface area (Å²) >= 11 is 0. The molecule has 1 rings (SSSR count). The van der Waals surface area contributed by atoms with Gasteiger partial charge < -0.3 is 10.6 Å². The first-order chi connectivity index (χ1) is 10.6. The van der Waals surface area contributed by atoms with Crippen molar-refractivity contribution in [3.63, 3.8) is 0 Å². The number of sulfone groups is 1. The van der Waals surface area contributed by atoms with E-state index in [0.29, 0.717) is 12.2 Å². The molecule has 0 aliphatic rings. The minimum Gasteiger partial charge on any atom is -0.376 e. The van der Waals surface area contributed by atoms with Crippen molar-refractivity contribution in [2.45, 2.75) is 25.7 Å². The Hall–Kier alpha value is -2.09. The number of carbonyl (C=O) groups is 2. The molecule has 3 N–H and O–H groups in total. The highest BCUT2D eigenvalue weighted by molar-refractivity contribution is 7.90. The maximum Gasteiger partial charge on any atom is 0.321 e. The monoisotopic (exact) mass is 341 g/mol. The fourth-order valence-electron chi connectivity index (χ4n) is 1.71. The minimum absolute atomic E-state index is 0.136. The van der Waals surface area contributed by atoms with Gasteiger partial charge in [-0.2, -0.15) is 0 Å². The van der Waals surface area contributed by atoms with E-state index in [0.717, 1.165) is 11.8 Å². The zero-order valence-corrected chi connectivity index (χ0v) is 14.6. The highest BCUT2D eigenvalue weighted by Crippen LogP contribution is 2.19. The van der Waals surface area contributed by atoms with Gasteiger partial charge in [-0.1, -0.05) is 19.9 Å². The maximum absolute atomic E-state index is 11.7. The SMILES string of the molecule is Cc1ccc(S(C)(=O)=O)cc1NCC(=O)NC(=O)NCC(C)C. The van der Waals surface area contributed by atoms with E-state index in [1.54, 1.807) is 13.0 Å². The van der Waals surface area contributed by atoms with Crippen LogP contribution in [0.4, 0.5) is 10.5 Å². The standard InChI is InChI=1S/C15H23N3O4S/c1-10(2)8-17-15(20)18-14(19)9-16-13-7-12(23(4,21)22)6-5-11(13)3/h5-7,10,16H,8-9H2,1-4H3,(H2,17,18,19,20). The number of benzene rings is 1. The van der Waals surface area contributed by atoms with Gasteiger partial charge in [0, 0.05) is 18.5 Å². The fraction of sp³-hybridized carbons (Fsp3) is 0.467. The Balaban J connectivity index is 2.61. The van der Waals surface area contributed by atoms with Crippen LogP contribution in [0.1, 0.15) is 19.4 Å². The van der Waals surface area contributed by atoms with Crippen LogP contribution in [0.25, 0.3) is 0 Å². The van der Waals surface area contributed by atoms with Crippen LogP contribution in [0.15, 0.2) is 23.1 Å². The summed E-state index contributed by atoms with van der Waals surface area (Å²) in [5.41, 5.74) is 1.33. The average molecular weight is 341 g/mol. The number of hydrogen-bond donors (Lipinski definition) is 3. The molecular weight excluding hydrogens is 318 g/mol. The normalized spacial score (nSPS) is 11.2. The van der Waals surface area contributed by atoms with Gasteiger partial charge in [-0.05, 0) is 30.5 Å². The molecule has 0 unspecified atom stereocenters. The van der Waals surface area contributed by atoms with Gasteiger partial charge in [0.1, 0.15) is 0 Å². The van der Waals surface area contributed by atoms with Crippen molar-refractivity contribution < 1.29 is 18.0 Å². The Bertz CT molecular complexity index is 684. The van der Waals surface area contributed by atoms with Crippen molar-refractivity contribution in [2.75, 3.05) is 24.7 Å². The summed E-state index contributed by atoms with van der Waals surface area (Å²) in [6, 6.07) is 4.09. The van der Waals surface area contributed by atoms with Crippen LogP contribution in [0.5, 0.6) is 0 Å². The molecule has 1 aromatic rings. The smallest absolute Gasteiger partial charge is 0.321 e. The van der Waals surface area contributed by atoms with E-state index >= 15 is 0 Å². The lowest BCUT2D eigenvalue weighted by Crippen LogP contribution is -2.43. The summed E-state index contributed by atoms with van der Waals surface area (Å²) < 4.78 is 23.1. The van der Waals surface area contributed by atoms with Crippen molar-refractivity contribution in [2.24, 2.45) is 5.92 Å². The number of amides is 3. The van der Waals surface area contributed by atoms with E-state index in [2.05, 4.69) is 16.0 Å². The largest absolute Gasteiger partial charge is 0.376 e. The fourth-order valence-corrected chi connectivity index (χ4v) is 2.36. The van der Waals surface area contributed by atoms with Crippen LogP contribution in [0.3, 0.4) is 0 Å². The third kappa shape index (κ3) is 6.68. The van der Waals surface area contributed by atoms with Crippen LogP contribution < -0.4 is 16.0 Å². The predicted octanol–water partition coefficient (Wildman–Crippen LogP) is 1.29. The number of carbonyl (C=O) groups excluding carboxylic acids is 2. The molecule has 128 valence electrons. The summed E-state index contributed by atoms with van der Waals surface area (Å²) in [5.74, 6) is -0.217. The third-order valence-electron chi connectivity index (χ3n) is 3.00. The molecule has 0 atom stereocenters.